The highest BCUT2D eigenvalue weighted by atomic mass is 79.9. The maximum Gasteiger partial charge on any atom is 0.294 e. The summed E-state index contributed by atoms with van der Waals surface area (Å²) < 4.78 is 0.887. The van der Waals surface area contributed by atoms with Crippen molar-refractivity contribution in [2.24, 2.45) is 0 Å². The molecule has 1 fully saturated rings. The summed E-state index contributed by atoms with van der Waals surface area (Å²) in [6.07, 6.45) is 1.68. The molecule has 4 rings (SSSR count). The Hall–Kier alpha value is -2.81. The summed E-state index contributed by atoms with van der Waals surface area (Å²) in [7, 11) is 0. The Kier molecular flexibility index (Phi) is 7.37. The fourth-order valence-corrected chi connectivity index (χ4v) is 4.96. The van der Waals surface area contributed by atoms with Crippen LogP contribution in [0, 0.1) is 6.92 Å². The molecule has 3 aromatic rings. The molecule has 3 amide bonds. The summed E-state index contributed by atoms with van der Waals surface area (Å²) >= 11 is 5.83. The number of hydrogen-bond acceptors (Lipinski definition) is 5. The third-order valence-electron chi connectivity index (χ3n) is 4.74. The van der Waals surface area contributed by atoms with Crippen molar-refractivity contribution in [3.8, 4) is 0 Å². The van der Waals surface area contributed by atoms with Crippen LogP contribution < -0.4 is 5.32 Å². The van der Waals surface area contributed by atoms with Gasteiger partial charge in [-0.1, -0.05) is 57.5 Å². The predicted molar refractivity (Wildman–Crippen MR) is 137 cm³/mol. The van der Waals surface area contributed by atoms with Gasteiger partial charge in [0, 0.05) is 20.0 Å². The van der Waals surface area contributed by atoms with E-state index in [1.165, 1.54) is 5.56 Å². The quantitative estimate of drug-likeness (QED) is 0.359. The second-order valence-corrected chi connectivity index (χ2v) is 10.4. The molecule has 0 unspecified atom stereocenters. The third kappa shape index (κ3) is 6.16. The number of benzene rings is 3. The van der Waals surface area contributed by atoms with Gasteiger partial charge in [-0.3, -0.25) is 19.3 Å². The Morgan fingerprint density at radius 2 is 1.58 bits per heavy atom. The molecule has 0 bridgehead atoms. The van der Waals surface area contributed by atoms with E-state index in [9.17, 15) is 14.4 Å². The molecule has 0 spiro atoms. The second-order valence-electron chi connectivity index (χ2n) is 7.31. The predicted octanol–water partition coefficient (Wildman–Crippen LogP) is 6.58. The zero-order valence-corrected chi connectivity index (χ0v) is 20.8. The van der Waals surface area contributed by atoms with E-state index < -0.39 is 17.1 Å². The molecule has 1 N–H and O–H groups in total. The van der Waals surface area contributed by atoms with Gasteiger partial charge in [-0.25, -0.2) is 0 Å². The fraction of sp³-hybridized carbons (Fsp3) is 0.0800. The molecule has 0 aromatic heterocycles. The van der Waals surface area contributed by atoms with Crippen LogP contribution in [-0.4, -0.2) is 28.5 Å². The molecule has 0 radical (unpaired) electrons. The minimum absolute atomic E-state index is 0.301. The summed E-state index contributed by atoms with van der Waals surface area (Å²) in [5.41, 5.74) is 2.62. The molecule has 0 atom stereocenters. The summed E-state index contributed by atoms with van der Waals surface area (Å²) in [6, 6.07) is 23.1. The van der Waals surface area contributed by atoms with Gasteiger partial charge < -0.3 is 5.32 Å². The number of aryl methyl sites for hydroxylation is 1. The van der Waals surface area contributed by atoms with Crippen LogP contribution in [0.3, 0.4) is 0 Å². The topological polar surface area (TPSA) is 66.5 Å². The third-order valence-corrected chi connectivity index (χ3v) is 7.19. The summed E-state index contributed by atoms with van der Waals surface area (Å²) in [5.74, 6) is -0.896. The van der Waals surface area contributed by atoms with Gasteiger partial charge in [0.1, 0.15) is 6.54 Å². The van der Waals surface area contributed by atoms with Gasteiger partial charge in [0.15, 0.2) is 0 Å². The maximum absolute atomic E-state index is 12.7. The van der Waals surface area contributed by atoms with Gasteiger partial charge in [-0.15, -0.1) is 0 Å². The molecule has 5 nitrogen and oxygen atoms in total. The zero-order chi connectivity index (χ0) is 23.4. The van der Waals surface area contributed by atoms with Crippen molar-refractivity contribution in [1.82, 2.24) is 4.90 Å². The Morgan fingerprint density at radius 3 is 2.21 bits per heavy atom. The number of carbonyl (C=O) groups excluding carboxylic acids is 3. The molecule has 0 saturated carbocycles. The largest absolute Gasteiger partial charge is 0.325 e. The Bertz CT molecular complexity index is 1220. The number of hydrogen-bond donors (Lipinski definition) is 1. The van der Waals surface area contributed by atoms with Gasteiger partial charge in [0.05, 0.1) is 4.91 Å². The number of amides is 3. The molecule has 1 heterocycles. The first-order chi connectivity index (χ1) is 15.9. The highest BCUT2D eigenvalue weighted by Crippen LogP contribution is 2.33. The summed E-state index contributed by atoms with van der Waals surface area (Å²) in [4.78, 5) is 40.9. The van der Waals surface area contributed by atoms with Crippen molar-refractivity contribution in [2.45, 2.75) is 16.7 Å². The van der Waals surface area contributed by atoms with Crippen molar-refractivity contribution in [3.05, 3.63) is 93.3 Å². The molecule has 166 valence electrons. The minimum atomic E-state index is -0.464. The van der Waals surface area contributed by atoms with Crippen LogP contribution in [0.1, 0.15) is 11.1 Å². The second kappa shape index (κ2) is 10.4. The van der Waals surface area contributed by atoms with Gasteiger partial charge >= 0.3 is 0 Å². The standard InChI is InChI=1S/C25H19BrN2O3S2/c1-16-2-10-20(11-3-16)32-21-12-4-17(5-13-21)14-22-24(30)28(25(31)33-22)15-23(29)27-19-8-6-18(26)7-9-19/h2-14H,15H2,1H3,(H,27,29)/b22-14-. The van der Waals surface area contributed by atoms with Gasteiger partial charge in [-0.05, 0) is 78.9 Å². The fourth-order valence-electron chi connectivity index (χ4n) is 3.04. The van der Waals surface area contributed by atoms with E-state index in [4.69, 9.17) is 0 Å². The molecule has 1 aliphatic heterocycles. The molecule has 1 aliphatic rings. The lowest BCUT2D eigenvalue weighted by molar-refractivity contribution is -0.127. The molecule has 3 aromatic carbocycles. The molecular formula is C25H19BrN2O3S2. The maximum atomic E-state index is 12.7. The number of anilines is 1. The van der Waals surface area contributed by atoms with Crippen molar-refractivity contribution in [2.75, 3.05) is 11.9 Å². The van der Waals surface area contributed by atoms with E-state index in [2.05, 4.69) is 52.4 Å². The summed E-state index contributed by atoms with van der Waals surface area (Å²) in [5, 5.41) is 2.24. The van der Waals surface area contributed by atoms with E-state index in [1.54, 1.807) is 42.1 Å². The highest BCUT2D eigenvalue weighted by molar-refractivity contribution is 9.10. The first kappa shape index (κ1) is 23.4. The van der Waals surface area contributed by atoms with E-state index in [-0.39, 0.29) is 6.54 Å². The number of halogens is 1. The average Bonchev–Trinajstić information content (AvgIpc) is 3.05. The van der Waals surface area contributed by atoms with Crippen LogP contribution in [0.15, 0.2) is 92.0 Å². The zero-order valence-electron chi connectivity index (χ0n) is 17.6. The van der Waals surface area contributed by atoms with Gasteiger partial charge in [0.25, 0.3) is 11.1 Å². The van der Waals surface area contributed by atoms with Crippen LogP contribution >= 0.6 is 39.5 Å². The Balaban J connectivity index is 1.39. The molecular weight excluding hydrogens is 520 g/mol. The van der Waals surface area contributed by atoms with Crippen molar-refractivity contribution in [3.63, 3.8) is 0 Å². The minimum Gasteiger partial charge on any atom is -0.325 e. The Morgan fingerprint density at radius 1 is 0.970 bits per heavy atom. The normalized spacial score (nSPS) is 14.7. The lowest BCUT2D eigenvalue weighted by Gasteiger charge is -2.12. The van der Waals surface area contributed by atoms with E-state index >= 15 is 0 Å². The Labute approximate surface area is 208 Å². The number of nitrogens with zero attached hydrogens (tertiary/aromatic N) is 1. The number of imide groups is 1. The number of carbonyl (C=O) groups is 3. The van der Waals surface area contributed by atoms with E-state index in [0.717, 1.165) is 36.5 Å². The molecule has 0 aliphatic carbocycles. The number of thioether (sulfide) groups is 1. The van der Waals surface area contributed by atoms with Crippen LogP contribution in [-0.2, 0) is 9.59 Å². The molecule has 8 heteroatoms. The first-order valence-corrected chi connectivity index (χ1v) is 12.5. The lowest BCUT2D eigenvalue weighted by Crippen LogP contribution is -2.36. The van der Waals surface area contributed by atoms with Gasteiger partial charge in [0.2, 0.25) is 5.91 Å². The van der Waals surface area contributed by atoms with E-state index in [1.807, 2.05) is 24.3 Å². The lowest BCUT2D eigenvalue weighted by atomic mass is 10.2. The van der Waals surface area contributed by atoms with Crippen LogP contribution in [0.5, 0.6) is 0 Å². The monoisotopic (exact) mass is 538 g/mol. The average molecular weight is 539 g/mol. The molecule has 33 heavy (non-hydrogen) atoms. The van der Waals surface area contributed by atoms with Crippen molar-refractivity contribution >= 4 is 68.3 Å². The van der Waals surface area contributed by atoms with Crippen molar-refractivity contribution < 1.29 is 14.4 Å². The van der Waals surface area contributed by atoms with Crippen molar-refractivity contribution in [1.29, 1.82) is 0 Å². The number of nitrogens with one attached hydrogen (secondary N) is 1. The van der Waals surface area contributed by atoms with Crippen LogP contribution in [0.2, 0.25) is 0 Å². The van der Waals surface area contributed by atoms with Crippen LogP contribution in [0.25, 0.3) is 6.08 Å². The highest BCUT2D eigenvalue weighted by Gasteiger charge is 2.36. The smallest absolute Gasteiger partial charge is 0.294 e. The first-order valence-electron chi connectivity index (χ1n) is 10.0. The van der Waals surface area contributed by atoms with Crippen LogP contribution in [0.4, 0.5) is 10.5 Å². The SMILES string of the molecule is Cc1ccc(Sc2ccc(/C=C3\SC(=O)N(CC(=O)Nc4ccc(Br)cc4)C3=O)cc2)cc1. The van der Waals surface area contributed by atoms with Gasteiger partial charge in [-0.2, -0.15) is 0 Å². The number of rotatable bonds is 6. The van der Waals surface area contributed by atoms with E-state index in [0.29, 0.717) is 10.6 Å². The summed E-state index contributed by atoms with van der Waals surface area (Å²) in [6.45, 7) is 1.73. The molecule has 1 saturated heterocycles.